The summed E-state index contributed by atoms with van der Waals surface area (Å²) in [6, 6.07) is 5.23. The van der Waals surface area contributed by atoms with E-state index < -0.39 is 0 Å². The molecule has 7 nitrogen and oxygen atoms in total. The standard InChI is InChI=1S/C17H23N5O2/c1-12-10-21(11-13(2)24-12)16-6-5-15(9-18-16)20-17(23)14(3)22-8-4-7-19-22/h4-9,12-14H,10-11H2,1-3H3,(H,20,23). The lowest BCUT2D eigenvalue weighted by atomic mass is 10.2. The van der Waals surface area contributed by atoms with E-state index in [1.165, 1.54) is 0 Å². The average molecular weight is 329 g/mol. The van der Waals surface area contributed by atoms with Gasteiger partial charge >= 0.3 is 0 Å². The number of ether oxygens (including phenoxy) is 1. The number of nitrogens with zero attached hydrogens (tertiary/aromatic N) is 4. The van der Waals surface area contributed by atoms with E-state index in [0.29, 0.717) is 5.69 Å². The molecule has 1 aliphatic rings. The zero-order valence-electron chi connectivity index (χ0n) is 14.2. The van der Waals surface area contributed by atoms with E-state index in [4.69, 9.17) is 4.74 Å². The minimum absolute atomic E-state index is 0.123. The summed E-state index contributed by atoms with van der Waals surface area (Å²) in [5, 5.41) is 6.96. The molecular weight excluding hydrogens is 306 g/mol. The fraction of sp³-hybridized carbons (Fsp3) is 0.471. The van der Waals surface area contributed by atoms with Crippen LogP contribution in [0.5, 0.6) is 0 Å². The first kappa shape index (κ1) is 16.4. The van der Waals surface area contributed by atoms with Crippen molar-refractivity contribution in [1.82, 2.24) is 14.8 Å². The van der Waals surface area contributed by atoms with Gasteiger partial charge in [0.25, 0.3) is 0 Å². The Morgan fingerprint density at radius 2 is 2.08 bits per heavy atom. The first-order valence-corrected chi connectivity index (χ1v) is 8.19. The fourth-order valence-electron chi connectivity index (χ4n) is 2.89. The lowest BCUT2D eigenvalue weighted by molar-refractivity contribution is -0.119. The molecule has 3 unspecified atom stereocenters. The normalized spacial score (nSPS) is 22.2. The number of nitrogens with one attached hydrogen (secondary N) is 1. The summed E-state index contributed by atoms with van der Waals surface area (Å²) in [4.78, 5) is 18.9. The first-order chi connectivity index (χ1) is 11.5. The lowest BCUT2D eigenvalue weighted by Crippen LogP contribution is -2.45. The number of amides is 1. The minimum Gasteiger partial charge on any atom is -0.372 e. The SMILES string of the molecule is CC1CN(c2ccc(NC(=O)C(C)n3cccn3)cn2)CC(C)O1. The van der Waals surface area contributed by atoms with Crippen LogP contribution in [-0.2, 0) is 9.53 Å². The summed E-state index contributed by atoms with van der Waals surface area (Å²) in [6.07, 6.45) is 5.49. The number of morpholine rings is 1. The third kappa shape index (κ3) is 3.73. The van der Waals surface area contributed by atoms with Crippen molar-refractivity contribution >= 4 is 17.4 Å². The van der Waals surface area contributed by atoms with Gasteiger partial charge in [0.1, 0.15) is 11.9 Å². The molecule has 2 aromatic heterocycles. The van der Waals surface area contributed by atoms with Crippen LogP contribution < -0.4 is 10.2 Å². The maximum Gasteiger partial charge on any atom is 0.248 e. The molecule has 1 saturated heterocycles. The van der Waals surface area contributed by atoms with Crippen LogP contribution in [0.1, 0.15) is 26.8 Å². The van der Waals surface area contributed by atoms with Crippen molar-refractivity contribution < 1.29 is 9.53 Å². The van der Waals surface area contributed by atoms with E-state index in [9.17, 15) is 4.79 Å². The lowest BCUT2D eigenvalue weighted by Gasteiger charge is -2.36. The molecule has 0 aliphatic carbocycles. The van der Waals surface area contributed by atoms with Crippen molar-refractivity contribution in [2.75, 3.05) is 23.3 Å². The van der Waals surface area contributed by atoms with Crippen LogP contribution >= 0.6 is 0 Å². The van der Waals surface area contributed by atoms with Gasteiger partial charge in [0.2, 0.25) is 5.91 Å². The third-order valence-electron chi connectivity index (χ3n) is 4.06. The zero-order valence-corrected chi connectivity index (χ0v) is 14.2. The van der Waals surface area contributed by atoms with E-state index >= 15 is 0 Å². The second-order valence-electron chi connectivity index (χ2n) is 6.22. The van der Waals surface area contributed by atoms with Gasteiger partial charge in [-0.2, -0.15) is 5.10 Å². The van der Waals surface area contributed by atoms with Crippen molar-refractivity contribution in [1.29, 1.82) is 0 Å². The summed E-state index contributed by atoms with van der Waals surface area (Å²) in [6.45, 7) is 7.57. The molecule has 1 N–H and O–H groups in total. The summed E-state index contributed by atoms with van der Waals surface area (Å²) in [7, 11) is 0. The Morgan fingerprint density at radius 1 is 1.33 bits per heavy atom. The molecule has 1 fully saturated rings. The van der Waals surface area contributed by atoms with Gasteiger partial charge in [-0.15, -0.1) is 0 Å². The molecule has 3 atom stereocenters. The molecule has 7 heteroatoms. The molecule has 128 valence electrons. The molecule has 1 amide bonds. The molecule has 2 aromatic rings. The van der Waals surface area contributed by atoms with E-state index in [2.05, 4.69) is 34.1 Å². The van der Waals surface area contributed by atoms with Crippen molar-refractivity contribution in [3.63, 3.8) is 0 Å². The van der Waals surface area contributed by atoms with Gasteiger partial charge in [0, 0.05) is 25.5 Å². The van der Waals surface area contributed by atoms with Crippen molar-refractivity contribution in [3.05, 3.63) is 36.8 Å². The molecule has 0 radical (unpaired) electrons. The second-order valence-corrected chi connectivity index (χ2v) is 6.22. The summed E-state index contributed by atoms with van der Waals surface area (Å²) in [5.74, 6) is 0.775. The Hall–Kier alpha value is -2.41. The quantitative estimate of drug-likeness (QED) is 0.930. The topological polar surface area (TPSA) is 72.3 Å². The zero-order chi connectivity index (χ0) is 17.1. The predicted molar refractivity (Wildman–Crippen MR) is 92.0 cm³/mol. The van der Waals surface area contributed by atoms with Crippen LogP contribution in [-0.4, -0.2) is 46.0 Å². The summed E-state index contributed by atoms with van der Waals surface area (Å²) >= 11 is 0. The molecule has 3 heterocycles. The van der Waals surface area contributed by atoms with Crippen molar-refractivity contribution in [2.45, 2.75) is 39.0 Å². The number of aromatic nitrogens is 3. The van der Waals surface area contributed by atoms with Crippen molar-refractivity contribution in [3.8, 4) is 0 Å². The molecule has 1 aliphatic heterocycles. The number of rotatable bonds is 4. The Kier molecular flexibility index (Phi) is 4.80. The maximum atomic E-state index is 12.3. The Labute approximate surface area is 141 Å². The highest BCUT2D eigenvalue weighted by molar-refractivity contribution is 5.93. The van der Waals surface area contributed by atoms with Gasteiger partial charge in [-0.25, -0.2) is 4.98 Å². The monoisotopic (exact) mass is 329 g/mol. The Bertz CT molecular complexity index is 661. The number of carbonyl (C=O) groups excluding carboxylic acids is 1. The molecule has 0 spiro atoms. The van der Waals surface area contributed by atoms with Gasteiger partial charge < -0.3 is 15.0 Å². The van der Waals surface area contributed by atoms with Crippen LogP contribution in [0.15, 0.2) is 36.8 Å². The highest BCUT2D eigenvalue weighted by Crippen LogP contribution is 2.20. The van der Waals surface area contributed by atoms with E-state index in [-0.39, 0.29) is 24.2 Å². The highest BCUT2D eigenvalue weighted by Gasteiger charge is 2.23. The third-order valence-corrected chi connectivity index (χ3v) is 4.06. The molecule has 24 heavy (non-hydrogen) atoms. The number of hydrogen-bond acceptors (Lipinski definition) is 5. The minimum atomic E-state index is -0.374. The van der Waals surface area contributed by atoms with E-state index in [1.54, 1.807) is 36.3 Å². The van der Waals surface area contributed by atoms with E-state index in [1.807, 2.05) is 12.1 Å². The molecule has 3 rings (SSSR count). The smallest absolute Gasteiger partial charge is 0.248 e. The number of hydrogen-bond donors (Lipinski definition) is 1. The van der Waals surface area contributed by atoms with Gasteiger partial charge in [-0.05, 0) is 39.0 Å². The highest BCUT2D eigenvalue weighted by atomic mass is 16.5. The average Bonchev–Trinajstić information content (AvgIpc) is 3.08. The molecule has 0 bridgehead atoms. The van der Waals surface area contributed by atoms with Crippen LogP contribution in [0.4, 0.5) is 11.5 Å². The van der Waals surface area contributed by atoms with Gasteiger partial charge in [0.15, 0.2) is 0 Å². The predicted octanol–water partition coefficient (Wildman–Crippen LogP) is 2.09. The number of carbonyl (C=O) groups is 1. The van der Waals surface area contributed by atoms with Gasteiger partial charge in [-0.1, -0.05) is 0 Å². The van der Waals surface area contributed by atoms with Gasteiger partial charge in [-0.3, -0.25) is 9.48 Å². The molecular formula is C17H23N5O2. The van der Waals surface area contributed by atoms with Crippen LogP contribution in [0.2, 0.25) is 0 Å². The summed E-state index contributed by atoms with van der Waals surface area (Å²) in [5.41, 5.74) is 0.678. The molecule has 0 aromatic carbocycles. The van der Waals surface area contributed by atoms with Crippen LogP contribution in [0.25, 0.3) is 0 Å². The van der Waals surface area contributed by atoms with Crippen LogP contribution in [0, 0.1) is 0 Å². The van der Waals surface area contributed by atoms with Gasteiger partial charge in [0.05, 0.1) is 24.1 Å². The number of pyridine rings is 1. The molecule has 0 saturated carbocycles. The fourth-order valence-corrected chi connectivity index (χ4v) is 2.89. The Balaban J connectivity index is 1.63. The number of anilines is 2. The van der Waals surface area contributed by atoms with Crippen molar-refractivity contribution in [2.24, 2.45) is 0 Å². The first-order valence-electron chi connectivity index (χ1n) is 8.19. The second kappa shape index (κ2) is 7.00. The van der Waals surface area contributed by atoms with E-state index in [0.717, 1.165) is 18.9 Å². The van der Waals surface area contributed by atoms with Crippen LogP contribution in [0.3, 0.4) is 0 Å². The summed E-state index contributed by atoms with van der Waals surface area (Å²) < 4.78 is 7.36. The maximum absolute atomic E-state index is 12.3. The Morgan fingerprint density at radius 3 is 2.67 bits per heavy atom. The largest absolute Gasteiger partial charge is 0.372 e.